The van der Waals surface area contributed by atoms with Crippen LogP contribution in [0.5, 0.6) is 0 Å². The third-order valence-electron chi connectivity index (χ3n) is 5.87. The summed E-state index contributed by atoms with van der Waals surface area (Å²) in [5.41, 5.74) is 1.16. The van der Waals surface area contributed by atoms with Gasteiger partial charge in [0.2, 0.25) is 0 Å². The van der Waals surface area contributed by atoms with Gasteiger partial charge in [-0.25, -0.2) is 4.98 Å². The molecule has 20 heavy (non-hydrogen) atoms. The Kier molecular flexibility index (Phi) is 2.69. The lowest BCUT2D eigenvalue weighted by atomic mass is 9.51. The van der Waals surface area contributed by atoms with Gasteiger partial charge in [-0.3, -0.25) is 4.79 Å². The van der Waals surface area contributed by atoms with Crippen molar-refractivity contribution in [1.29, 1.82) is 0 Å². The van der Waals surface area contributed by atoms with E-state index in [0.29, 0.717) is 5.92 Å². The first-order valence-electron chi connectivity index (χ1n) is 7.85. The Balaban J connectivity index is 1.63. The normalized spacial score (nSPS) is 38.4. The number of aryl methyl sites for hydroxylation is 1. The molecule has 0 atom stereocenters. The summed E-state index contributed by atoms with van der Waals surface area (Å²) in [7, 11) is 0. The highest BCUT2D eigenvalue weighted by molar-refractivity contribution is 5.66. The summed E-state index contributed by atoms with van der Waals surface area (Å²) in [5.74, 6) is 4.19. The number of nitrogens with zero attached hydrogens (tertiary/aromatic N) is 2. The average Bonchev–Trinajstić information content (AvgIpc) is 2.68. The fourth-order valence-electron chi connectivity index (χ4n) is 5.41. The van der Waals surface area contributed by atoms with Crippen LogP contribution in [-0.2, 0) is 11.3 Å². The zero-order valence-electron chi connectivity index (χ0n) is 12.0. The maximum atomic E-state index is 10.9. The molecule has 0 amide bonds. The van der Waals surface area contributed by atoms with Crippen LogP contribution in [0.4, 0.5) is 0 Å². The minimum atomic E-state index is -0.790. The van der Waals surface area contributed by atoms with Crippen molar-refractivity contribution in [3.63, 3.8) is 0 Å². The van der Waals surface area contributed by atoms with Gasteiger partial charge in [0.1, 0.15) is 12.4 Å². The fraction of sp³-hybridized carbons (Fsp3) is 0.750. The maximum absolute atomic E-state index is 10.9. The van der Waals surface area contributed by atoms with Crippen molar-refractivity contribution >= 4 is 5.97 Å². The first kappa shape index (κ1) is 12.4. The molecule has 0 aliphatic heterocycles. The van der Waals surface area contributed by atoms with Gasteiger partial charge in [0.15, 0.2) is 0 Å². The molecule has 1 heterocycles. The van der Waals surface area contributed by atoms with Crippen LogP contribution in [0.1, 0.15) is 49.5 Å². The van der Waals surface area contributed by atoms with Crippen molar-refractivity contribution in [1.82, 2.24) is 9.55 Å². The van der Waals surface area contributed by atoms with Crippen LogP contribution in [0.2, 0.25) is 0 Å². The second-order valence-corrected chi connectivity index (χ2v) is 7.19. The topological polar surface area (TPSA) is 55.1 Å². The fourth-order valence-corrected chi connectivity index (χ4v) is 5.41. The number of carboxylic acid groups (broad SMARTS) is 1. The van der Waals surface area contributed by atoms with Crippen molar-refractivity contribution < 1.29 is 9.90 Å². The van der Waals surface area contributed by atoms with Gasteiger partial charge in [-0.05, 0) is 62.7 Å². The second-order valence-electron chi connectivity index (χ2n) is 7.19. The van der Waals surface area contributed by atoms with Crippen LogP contribution in [0.3, 0.4) is 0 Å². The largest absolute Gasteiger partial charge is 0.480 e. The van der Waals surface area contributed by atoms with E-state index in [-0.39, 0.29) is 6.54 Å². The van der Waals surface area contributed by atoms with E-state index in [9.17, 15) is 4.79 Å². The summed E-state index contributed by atoms with van der Waals surface area (Å²) >= 11 is 0. The van der Waals surface area contributed by atoms with Crippen molar-refractivity contribution in [3.8, 4) is 0 Å². The molecule has 0 unspecified atom stereocenters. The molecule has 1 N–H and O–H groups in total. The first-order chi connectivity index (χ1) is 9.60. The summed E-state index contributed by atoms with van der Waals surface area (Å²) < 4.78 is 1.79. The van der Waals surface area contributed by atoms with Crippen LogP contribution < -0.4 is 0 Å². The molecular formula is C16H22N2O2. The zero-order valence-corrected chi connectivity index (χ0v) is 12.0. The Morgan fingerprint density at radius 2 is 1.85 bits per heavy atom. The minimum absolute atomic E-state index is 0.0339. The van der Waals surface area contributed by atoms with E-state index in [1.54, 1.807) is 4.57 Å². The lowest BCUT2D eigenvalue weighted by Crippen LogP contribution is -2.43. The Morgan fingerprint density at radius 3 is 2.40 bits per heavy atom. The highest BCUT2D eigenvalue weighted by Crippen LogP contribution is 2.59. The molecule has 4 aliphatic rings. The number of imidazole rings is 1. The van der Waals surface area contributed by atoms with Crippen molar-refractivity contribution in [2.24, 2.45) is 23.7 Å². The molecule has 4 saturated carbocycles. The number of aliphatic carboxylic acids is 1. The van der Waals surface area contributed by atoms with E-state index in [2.05, 4.69) is 0 Å². The van der Waals surface area contributed by atoms with E-state index in [4.69, 9.17) is 10.1 Å². The van der Waals surface area contributed by atoms with Gasteiger partial charge in [0, 0.05) is 12.1 Å². The first-order valence-corrected chi connectivity index (χ1v) is 7.85. The van der Waals surface area contributed by atoms with E-state index < -0.39 is 5.97 Å². The van der Waals surface area contributed by atoms with E-state index in [1.165, 1.54) is 32.1 Å². The number of carboxylic acids is 1. The molecule has 0 spiro atoms. The van der Waals surface area contributed by atoms with E-state index >= 15 is 0 Å². The molecule has 1 aromatic rings. The average molecular weight is 274 g/mol. The van der Waals surface area contributed by atoms with Gasteiger partial charge < -0.3 is 9.67 Å². The zero-order chi connectivity index (χ0) is 13.9. The highest BCUT2D eigenvalue weighted by Gasteiger charge is 2.49. The van der Waals surface area contributed by atoms with Crippen LogP contribution in [0.25, 0.3) is 0 Å². The molecule has 0 radical (unpaired) electrons. The van der Waals surface area contributed by atoms with Crippen LogP contribution in [0.15, 0.2) is 6.20 Å². The van der Waals surface area contributed by atoms with Crippen LogP contribution in [-0.4, -0.2) is 20.6 Å². The Morgan fingerprint density at radius 1 is 1.25 bits per heavy atom. The van der Waals surface area contributed by atoms with Crippen molar-refractivity contribution in [2.45, 2.75) is 51.5 Å². The third-order valence-corrected chi connectivity index (χ3v) is 5.87. The number of aromatic nitrogens is 2. The van der Waals surface area contributed by atoms with Gasteiger partial charge in [-0.1, -0.05) is 0 Å². The molecule has 4 bridgehead atoms. The monoisotopic (exact) mass is 274 g/mol. The summed E-state index contributed by atoms with van der Waals surface area (Å²) in [6.45, 7) is 1.95. The molecule has 4 nitrogen and oxygen atoms in total. The predicted molar refractivity (Wildman–Crippen MR) is 74.4 cm³/mol. The lowest BCUT2D eigenvalue weighted by molar-refractivity contribution is -0.137. The van der Waals surface area contributed by atoms with E-state index in [0.717, 1.165) is 35.2 Å². The van der Waals surface area contributed by atoms with Crippen LogP contribution >= 0.6 is 0 Å². The number of carbonyl (C=O) groups is 1. The van der Waals surface area contributed by atoms with Crippen molar-refractivity contribution in [3.05, 3.63) is 17.7 Å². The van der Waals surface area contributed by atoms with Gasteiger partial charge in [-0.15, -0.1) is 0 Å². The highest BCUT2D eigenvalue weighted by atomic mass is 16.4. The molecule has 1 aromatic heterocycles. The standard InChI is InChI=1S/C16H22N2O2/c1-9-17-14(7-18(9)8-15(19)20)16-12-3-10-2-11(5-12)6-13(16)4-10/h7,10-13,16H,2-6,8H2,1H3,(H,19,20). The van der Waals surface area contributed by atoms with Gasteiger partial charge in [-0.2, -0.15) is 0 Å². The number of hydrogen-bond donors (Lipinski definition) is 1. The molecule has 4 fully saturated rings. The molecule has 4 heteroatoms. The Bertz CT molecular complexity index is 521. The summed E-state index contributed by atoms with van der Waals surface area (Å²) in [6.07, 6.45) is 8.98. The third kappa shape index (κ3) is 1.88. The molecule has 5 rings (SSSR count). The smallest absolute Gasteiger partial charge is 0.323 e. The second kappa shape index (κ2) is 4.34. The lowest BCUT2D eigenvalue weighted by Gasteiger charge is -2.54. The predicted octanol–water partition coefficient (Wildman–Crippen LogP) is 2.82. The molecule has 0 aromatic carbocycles. The molecule has 108 valence electrons. The number of hydrogen-bond acceptors (Lipinski definition) is 2. The molecular weight excluding hydrogens is 252 g/mol. The van der Waals surface area contributed by atoms with Gasteiger partial charge in [0.05, 0.1) is 5.69 Å². The molecule has 0 saturated heterocycles. The summed E-state index contributed by atoms with van der Waals surface area (Å²) in [6, 6.07) is 0. The minimum Gasteiger partial charge on any atom is -0.480 e. The van der Waals surface area contributed by atoms with Gasteiger partial charge in [0.25, 0.3) is 0 Å². The number of rotatable bonds is 3. The Labute approximate surface area is 119 Å². The van der Waals surface area contributed by atoms with E-state index in [1.807, 2.05) is 13.1 Å². The summed E-state index contributed by atoms with van der Waals surface area (Å²) in [5, 5.41) is 8.96. The van der Waals surface area contributed by atoms with Crippen molar-refractivity contribution in [2.75, 3.05) is 0 Å². The quantitative estimate of drug-likeness (QED) is 0.922. The maximum Gasteiger partial charge on any atom is 0.323 e. The Hall–Kier alpha value is -1.32. The van der Waals surface area contributed by atoms with Crippen LogP contribution in [0, 0.1) is 30.6 Å². The summed E-state index contributed by atoms with van der Waals surface area (Å²) in [4.78, 5) is 15.6. The molecule has 4 aliphatic carbocycles. The SMILES string of the molecule is Cc1nc(C2C3CC4CC(C3)CC2C4)cn1CC(=O)O. The van der Waals surface area contributed by atoms with Gasteiger partial charge >= 0.3 is 5.97 Å².